The van der Waals surface area contributed by atoms with Gasteiger partial charge >= 0.3 is 0 Å². The van der Waals surface area contributed by atoms with Gasteiger partial charge in [-0.05, 0) is 37.6 Å². The molecule has 4 nitrogen and oxygen atoms in total. The Balaban J connectivity index is 2.55. The van der Waals surface area contributed by atoms with E-state index in [1.807, 2.05) is 24.3 Å². The van der Waals surface area contributed by atoms with Crippen molar-refractivity contribution in [3.8, 4) is 6.07 Å². The predicted molar refractivity (Wildman–Crippen MR) is 77.3 cm³/mol. The molecule has 5 heteroatoms. The molecule has 0 saturated carbocycles. The third-order valence-corrected chi connectivity index (χ3v) is 3.08. The number of rotatable bonds is 4. The van der Waals surface area contributed by atoms with Gasteiger partial charge in [0.1, 0.15) is 5.82 Å². The number of nitriles is 1. The minimum atomic E-state index is 0.233. The minimum Gasteiger partial charge on any atom is -0.352 e. The van der Waals surface area contributed by atoms with Gasteiger partial charge in [0, 0.05) is 18.0 Å². The molecule has 0 fully saturated rings. The van der Waals surface area contributed by atoms with Crippen LogP contribution in [0.2, 0.25) is 5.28 Å². The second-order valence-corrected chi connectivity index (χ2v) is 4.87. The number of anilines is 1. The van der Waals surface area contributed by atoms with Crippen LogP contribution in [0, 0.1) is 11.3 Å². The van der Waals surface area contributed by atoms with E-state index in [1.165, 1.54) is 0 Å². The Kier molecular flexibility index (Phi) is 4.18. The van der Waals surface area contributed by atoms with Crippen molar-refractivity contribution in [1.29, 1.82) is 5.26 Å². The lowest BCUT2D eigenvalue weighted by Gasteiger charge is -2.28. The van der Waals surface area contributed by atoms with Gasteiger partial charge in [-0.3, -0.25) is 0 Å². The smallest absolute Gasteiger partial charge is 0.224 e. The molecule has 0 unspecified atom stereocenters. The molecular formula is C14H15ClN4. The zero-order valence-electron chi connectivity index (χ0n) is 11.0. The molecule has 2 rings (SSSR count). The SMILES string of the molecule is CC(C)N(CCC#N)c1nc(Cl)nc2ccccc12. The highest BCUT2D eigenvalue weighted by Crippen LogP contribution is 2.26. The summed E-state index contributed by atoms with van der Waals surface area (Å²) in [6, 6.07) is 10.2. The molecule has 1 heterocycles. The number of halogens is 1. The number of benzene rings is 1. The van der Waals surface area contributed by atoms with Crippen LogP contribution in [-0.2, 0) is 0 Å². The Morgan fingerprint density at radius 2 is 2.05 bits per heavy atom. The summed E-state index contributed by atoms with van der Waals surface area (Å²) in [5, 5.41) is 9.97. The first kappa shape index (κ1) is 13.6. The van der Waals surface area contributed by atoms with Crippen LogP contribution >= 0.6 is 11.6 Å². The zero-order valence-corrected chi connectivity index (χ0v) is 11.7. The Bertz CT molecular complexity index is 618. The number of para-hydroxylation sites is 1. The van der Waals surface area contributed by atoms with Gasteiger partial charge in [0.25, 0.3) is 0 Å². The molecule has 0 aliphatic heterocycles. The first-order valence-electron chi connectivity index (χ1n) is 6.19. The van der Waals surface area contributed by atoms with Crippen LogP contribution < -0.4 is 4.90 Å². The summed E-state index contributed by atoms with van der Waals surface area (Å²) in [7, 11) is 0. The normalized spacial score (nSPS) is 10.7. The molecule has 2 aromatic rings. The Morgan fingerprint density at radius 3 is 2.74 bits per heavy atom. The molecule has 19 heavy (non-hydrogen) atoms. The van der Waals surface area contributed by atoms with Crippen LogP contribution in [0.4, 0.5) is 5.82 Å². The van der Waals surface area contributed by atoms with E-state index in [1.54, 1.807) is 0 Å². The summed E-state index contributed by atoms with van der Waals surface area (Å²) in [5.74, 6) is 0.792. The lowest BCUT2D eigenvalue weighted by atomic mass is 10.2. The van der Waals surface area contributed by atoms with Gasteiger partial charge in [0.05, 0.1) is 18.0 Å². The van der Waals surface area contributed by atoms with Crippen LogP contribution in [-0.4, -0.2) is 22.6 Å². The summed E-state index contributed by atoms with van der Waals surface area (Å²) in [4.78, 5) is 10.7. The largest absolute Gasteiger partial charge is 0.352 e. The summed E-state index contributed by atoms with van der Waals surface area (Å²) in [5.41, 5.74) is 0.820. The van der Waals surface area contributed by atoms with Crippen LogP contribution in [0.25, 0.3) is 10.9 Å². The number of hydrogen-bond acceptors (Lipinski definition) is 4. The van der Waals surface area contributed by atoms with E-state index in [4.69, 9.17) is 16.9 Å². The third kappa shape index (κ3) is 2.94. The maximum Gasteiger partial charge on any atom is 0.224 e. The fourth-order valence-electron chi connectivity index (χ4n) is 2.03. The lowest BCUT2D eigenvalue weighted by molar-refractivity contribution is 0.679. The van der Waals surface area contributed by atoms with E-state index >= 15 is 0 Å². The third-order valence-electron chi connectivity index (χ3n) is 2.92. The summed E-state index contributed by atoms with van der Waals surface area (Å²) in [6.07, 6.45) is 0.453. The Morgan fingerprint density at radius 1 is 1.32 bits per heavy atom. The van der Waals surface area contributed by atoms with Crippen LogP contribution in [0.15, 0.2) is 24.3 Å². The van der Waals surface area contributed by atoms with Gasteiger partial charge in [-0.2, -0.15) is 10.2 Å². The average Bonchev–Trinajstić information content (AvgIpc) is 2.38. The molecule has 0 N–H and O–H groups in total. The molecule has 0 aliphatic rings. The second kappa shape index (κ2) is 5.85. The zero-order chi connectivity index (χ0) is 13.8. The molecule has 0 atom stereocenters. The van der Waals surface area contributed by atoms with Gasteiger partial charge in [0.2, 0.25) is 5.28 Å². The van der Waals surface area contributed by atoms with Gasteiger partial charge in [0.15, 0.2) is 0 Å². The van der Waals surface area contributed by atoms with Gasteiger partial charge in [-0.25, -0.2) is 4.98 Å². The second-order valence-electron chi connectivity index (χ2n) is 4.53. The van der Waals surface area contributed by atoms with Crippen molar-refractivity contribution in [1.82, 2.24) is 9.97 Å². The summed E-state index contributed by atoms with van der Waals surface area (Å²) < 4.78 is 0. The fraction of sp³-hybridized carbons (Fsp3) is 0.357. The van der Waals surface area contributed by atoms with Crippen molar-refractivity contribution in [2.24, 2.45) is 0 Å². The molecule has 0 bridgehead atoms. The van der Waals surface area contributed by atoms with Crippen molar-refractivity contribution in [2.45, 2.75) is 26.3 Å². The van der Waals surface area contributed by atoms with Crippen LogP contribution in [0.1, 0.15) is 20.3 Å². The molecule has 1 aromatic heterocycles. The summed E-state index contributed by atoms with van der Waals surface area (Å²) >= 11 is 5.99. The molecule has 0 saturated heterocycles. The van der Waals surface area contributed by atoms with E-state index in [0.29, 0.717) is 13.0 Å². The molecule has 0 amide bonds. The molecular weight excluding hydrogens is 260 g/mol. The van der Waals surface area contributed by atoms with E-state index in [9.17, 15) is 0 Å². The molecule has 0 spiro atoms. The van der Waals surface area contributed by atoms with E-state index < -0.39 is 0 Å². The highest BCUT2D eigenvalue weighted by molar-refractivity contribution is 6.28. The van der Waals surface area contributed by atoms with Crippen molar-refractivity contribution in [3.05, 3.63) is 29.5 Å². The first-order valence-corrected chi connectivity index (χ1v) is 6.57. The van der Waals surface area contributed by atoms with Crippen LogP contribution in [0.5, 0.6) is 0 Å². The highest BCUT2D eigenvalue weighted by atomic mass is 35.5. The van der Waals surface area contributed by atoms with Crippen molar-refractivity contribution in [2.75, 3.05) is 11.4 Å². The van der Waals surface area contributed by atoms with Gasteiger partial charge in [-0.15, -0.1) is 0 Å². The number of fused-ring (bicyclic) bond motifs is 1. The molecule has 98 valence electrons. The monoisotopic (exact) mass is 274 g/mol. The predicted octanol–water partition coefficient (Wildman–Crippen LogP) is 3.41. The topological polar surface area (TPSA) is 52.8 Å². The van der Waals surface area contributed by atoms with E-state index in [2.05, 4.69) is 34.8 Å². The molecule has 0 radical (unpaired) electrons. The van der Waals surface area contributed by atoms with Crippen molar-refractivity contribution < 1.29 is 0 Å². The number of aromatic nitrogens is 2. The average molecular weight is 275 g/mol. The quantitative estimate of drug-likeness (QED) is 0.802. The highest BCUT2D eigenvalue weighted by Gasteiger charge is 2.16. The minimum absolute atomic E-state index is 0.233. The van der Waals surface area contributed by atoms with E-state index in [0.717, 1.165) is 16.7 Å². The maximum absolute atomic E-state index is 8.78. The van der Waals surface area contributed by atoms with Crippen molar-refractivity contribution in [3.63, 3.8) is 0 Å². The fourth-order valence-corrected chi connectivity index (χ4v) is 2.20. The standard InChI is InChI=1S/C14H15ClN4/c1-10(2)19(9-5-8-16)13-11-6-3-4-7-12(11)17-14(15)18-13/h3-4,6-7,10H,5,9H2,1-2H3. The number of nitrogens with zero attached hydrogens (tertiary/aromatic N) is 4. The van der Waals surface area contributed by atoms with Gasteiger partial charge < -0.3 is 4.90 Å². The lowest BCUT2D eigenvalue weighted by Crippen LogP contribution is -2.32. The maximum atomic E-state index is 8.78. The first-order chi connectivity index (χ1) is 9.13. The van der Waals surface area contributed by atoms with Gasteiger partial charge in [-0.1, -0.05) is 12.1 Å². The number of hydrogen-bond donors (Lipinski definition) is 0. The summed E-state index contributed by atoms with van der Waals surface area (Å²) in [6.45, 7) is 4.77. The van der Waals surface area contributed by atoms with Crippen molar-refractivity contribution >= 4 is 28.3 Å². The molecule has 0 aliphatic carbocycles. The van der Waals surface area contributed by atoms with E-state index in [-0.39, 0.29) is 11.3 Å². The Hall–Kier alpha value is -1.86. The van der Waals surface area contributed by atoms with Crippen LogP contribution in [0.3, 0.4) is 0 Å². The molecule has 1 aromatic carbocycles. The Labute approximate surface area is 117 Å².